The molecule has 1 fully saturated rings. The molecule has 0 aliphatic heterocycles. The summed E-state index contributed by atoms with van der Waals surface area (Å²) in [7, 11) is 0. The summed E-state index contributed by atoms with van der Waals surface area (Å²) >= 11 is 0. The van der Waals surface area contributed by atoms with Gasteiger partial charge in [0.25, 0.3) is 0 Å². The number of rotatable bonds is 1. The van der Waals surface area contributed by atoms with E-state index in [9.17, 15) is 9.50 Å². The van der Waals surface area contributed by atoms with Gasteiger partial charge in [0, 0.05) is 11.3 Å². The lowest BCUT2D eigenvalue weighted by Gasteiger charge is -2.17. The van der Waals surface area contributed by atoms with Crippen LogP contribution in [0.4, 0.5) is 4.39 Å². The Kier molecular flexibility index (Phi) is 3.08. The minimum absolute atomic E-state index is 0.0583. The molecule has 1 saturated carbocycles. The van der Waals surface area contributed by atoms with Crippen LogP contribution in [0, 0.1) is 5.82 Å². The smallest absolute Gasteiger partial charge is 0.134 e. The molecule has 2 atom stereocenters. The van der Waals surface area contributed by atoms with Crippen molar-refractivity contribution >= 4 is 11.0 Å². The molecule has 18 heavy (non-hydrogen) atoms. The normalized spacial score (nSPS) is 25.2. The summed E-state index contributed by atoms with van der Waals surface area (Å²) in [6.07, 6.45) is 4.81. The van der Waals surface area contributed by atoms with Crippen LogP contribution < -0.4 is 0 Å². The first-order chi connectivity index (χ1) is 8.74. The minimum atomic E-state index is -0.335. The van der Waals surface area contributed by atoms with E-state index in [4.69, 9.17) is 4.42 Å². The topological polar surface area (TPSA) is 33.4 Å². The van der Waals surface area contributed by atoms with Crippen LogP contribution in [-0.2, 0) is 0 Å². The Morgan fingerprint density at radius 1 is 1.11 bits per heavy atom. The molecule has 1 N–H and O–H groups in total. The minimum Gasteiger partial charge on any atom is -0.461 e. The van der Waals surface area contributed by atoms with E-state index in [1.807, 2.05) is 6.07 Å². The molecule has 1 aliphatic carbocycles. The molecule has 0 spiro atoms. The predicted molar refractivity (Wildman–Crippen MR) is 68.0 cm³/mol. The van der Waals surface area contributed by atoms with Crippen molar-refractivity contribution in [1.29, 1.82) is 0 Å². The van der Waals surface area contributed by atoms with E-state index in [0.29, 0.717) is 5.58 Å². The third-order valence-corrected chi connectivity index (χ3v) is 3.84. The van der Waals surface area contributed by atoms with Crippen LogP contribution in [0.1, 0.15) is 43.8 Å². The average Bonchev–Trinajstić information content (AvgIpc) is 2.63. The monoisotopic (exact) mass is 248 g/mol. The van der Waals surface area contributed by atoms with E-state index in [1.165, 1.54) is 18.6 Å². The largest absolute Gasteiger partial charge is 0.461 e. The van der Waals surface area contributed by atoms with Gasteiger partial charge < -0.3 is 9.52 Å². The fraction of sp³-hybridized carbons (Fsp3) is 0.467. The van der Waals surface area contributed by atoms with E-state index < -0.39 is 0 Å². The fourth-order valence-electron chi connectivity index (χ4n) is 2.84. The number of benzene rings is 1. The van der Waals surface area contributed by atoms with Crippen LogP contribution >= 0.6 is 0 Å². The number of fused-ring (bicyclic) bond motifs is 1. The van der Waals surface area contributed by atoms with E-state index in [2.05, 4.69) is 0 Å². The standard InChI is InChI=1S/C15H17FO2/c16-11-6-7-14-10(8-11)9-15(18-14)12-4-2-1-3-5-13(12)17/h6-9,12-13,17H,1-5H2. The fourth-order valence-corrected chi connectivity index (χ4v) is 2.84. The second-order valence-corrected chi connectivity index (χ2v) is 5.14. The summed E-state index contributed by atoms with van der Waals surface area (Å²) in [6.45, 7) is 0. The zero-order chi connectivity index (χ0) is 12.5. The van der Waals surface area contributed by atoms with Gasteiger partial charge in [-0.25, -0.2) is 4.39 Å². The van der Waals surface area contributed by atoms with Gasteiger partial charge in [0.1, 0.15) is 17.2 Å². The van der Waals surface area contributed by atoms with E-state index in [0.717, 1.165) is 36.8 Å². The van der Waals surface area contributed by atoms with Crippen molar-refractivity contribution in [3.8, 4) is 0 Å². The van der Waals surface area contributed by atoms with Crippen molar-refractivity contribution in [2.24, 2.45) is 0 Å². The molecule has 0 amide bonds. The third kappa shape index (κ3) is 2.15. The van der Waals surface area contributed by atoms with Gasteiger partial charge in [0.05, 0.1) is 6.10 Å². The molecule has 2 nitrogen and oxygen atoms in total. The summed E-state index contributed by atoms with van der Waals surface area (Å²) in [4.78, 5) is 0. The molecule has 1 aromatic heterocycles. The van der Waals surface area contributed by atoms with Crippen LogP contribution in [0.25, 0.3) is 11.0 Å². The summed E-state index contributed by atoms with van der Waals surface area (Å²) in [5, 5.41) is 10.9. The average molecular weight is 248 g/mol. The molecule has 1 aromatic carbocycles. The third-order valence-electron chi connectivity index (χ3n) is 3.84. The molecular formula is C15H17FO2. The van der Waals surface area contributed by atoms with E-state index in [1.54, 1.807) is 6.07 Å². The second-order valence-electron chi connectivity index (χ2n) is 5.14. The lowest BCUT2D eigenvalue weighted by atomic mass is 9.94. The van der Waals surface area contributed by atoms with Crippen molar-refractivity contribution in [3.63, 3.8) is 0 Å². The predicted octanol–water partition coefficient (Wildman–Crippen LogP) is 3.98. The lowest BCUT2D eigenvalue weighted by Crippen LogP contribution is -2.16. The highest BCUT2D eigenvalue weighted by Gasteiger charge is 2.26. The number of furan rings is 1. The molecule has 2 aromatic rings. The highest BCUT2D eigenvalue weighted by Crippen LogP contribution is 2.35. The maximum absolute atomic E-state index is 13.1. The molecule has 1 heterocycles. The van der Waals surface area contributed by atoms with Gasteiger partial charge in [-0.15, -0.1) is 0 Å². The molecular weight excluding hydrogens is 231 g/mol. The highest BCUT2D eigenvalue weighted by atomic mass is 19.1. The second kappa shape index (κ2) is 4.73. The highest BCUT2D eigenvalue weighted by molar-refractivity contribution is 5.78. The van der Waals surface area contributed by atoms with Crippen LogP contribution in [-0.4, -0.2) is 11.2 Å². The van der Waals surface area contributed by atoms with Crippen molar-refractivity contribution < 1.29 is 13.9 Å². The Morgan fingerprint density at radius 3 is 2.83 bits per heavy atom. The van der Waals surface area contributed by atoms with Crippen molar-refractivity contribution in [2.45, 2.75) is 44.1 Å². The zero-order valence-corrected chi connectivity index (χ0v) is 10.2. The van der Waals surface area contributed by atoms with Gasteiger partial charge in [0.2, 0.25) is 0 Å². The summed E-state index contributed by atoms with van der Waals surface area (Å²) in [5.74, 6) is 0.601. The zero-order valence-electron chi connectivity index (χ0n) is 10.2. The molecule has 1 aliphatic rings. The molecule has 2 unspecified atom stereocenters. The number of hydrogen-bond acceptors (Lipinski definition) is 2. The Morgan fingerprint density at radius 2 is 1.94 bits per heavy atom. The molecule has 0 radical (unpaired) electrons. The molecule has 3 rings (SSSR count). The Balaban J connectivity index is 1.97. The summed E-state index contributed by atoms with van der Waals surface area (Å²) in [5.41, 5.74) is 0.697. The van der Waals surface area contributed by atoms with Gasteiger partial charge in [-0.1, -0.05) is 19.3 Å². The van der Waals surface area contributed by atoms with Gasteiger partial charge in [-0.3, -0.25) is 0 Å². The summed E-state index contributed by atoms with van der Waals surface area (Å²) in [6, 6.07) is 6.40. The quantitative estimate of drug-likeness (QED) is 0.774. The van der Waals surface area contributed by atoms with Gasteiger partial charge in [-0.2, -0.15) is 0 Å². The van der Waals surface area contributed by atoms with Gasteiger partial charge in [-0.05, 0) is 37.1 Å². The maximum atomic E-state index is 13.1. The number of aliphatic hydroxyl groups excluding tert-OH is 1. The van der Waals surface area contributed by atoms with Crippen LogP contribution in [0.3, 0.4) is 0 Å². The SMILES string of the molecule is OC1CCCCCC1c1cc2cc(F)ccc2o1. The molecule has 0 saturated heterocycles. The van der Waals surface area contributed by atoms with Crippen molar-refractivity contribution in [2.75, 3.05) is 0 Å². The maximum Gasteiger partial charge on any atom is 0.134 e. The summed E-state index contributed by atoms with van der Waals surface area (Å²) < 4.78 is 18.9. The number of hydrogen-bond donors (Lipinski definition) is 1. The number of aliphatic hydroxyl groups is 1. The van der Waals surface area contributed by atoms with Gasteiger partial charge in [0.15, 0.2) is 0 Å². The Bertz CT molecular complexity index is 546. The van der Waals surface area contributed by atoms with E-state index >= 15 is 0 Å². The van der Waals surface area contributed by atoms with Gasteiger partial charge >= 0.3 is 0 Å². The van der Waals surface area contributed by atoms with Crippen LogP contribution in [0.15, 0.2) is 28.7 Å². The first-order valence-electron chi connectivity index (χ1n) is 6.61. The van der Waals surface area contributed by atoms with Crippen LogP contribution in [0.2, 0.25) is 0 Å². The number of halogens is 1. The lowest BCUT2D eigenvalue weighted by molar-refractivity contribution is 0.126. The van der Waals surface area contributed by atoms with E-state index in [-0.39, 0.29) is 17.8 Å². The van der Waals surface area contributed by atoms with Crippen molar-refractivity contribution in [3.05, 3.63) is 35.8 Å². The van der Waals surface area contributed by atoms with Crippen LogP contribution in [0.5, 0.6) is 0 Å². The molecule has 96 valence electrons. The Labute approximate surface area is 105 Å². The first kappa shape index (κ1) is 11.7. The first-order valence-corrected chi connectivity index (χ1v) is 6.61. The molecule has 0 bridgehead atoms. The Hall–Kier alpha value is -1.35. The van der Waals surface area contributed by atoms with Crippen molar-refractivity contribution in [1.82, 2.24) is 0 Å². The molecule has 3 heteroatoms.